The van der Waals surface area contributed by atoms with Crippen LogP contribution in [0.15, 0.2) is 70.3 Å². The van der Waals surface area contributed by atoms with E-state index in [0.29, 0.717) is 16.9 Å². The predicted molar refractivity (Wildman–Crippen MR) is 128 cm³/mol. The van der Waals surface area contributed by atoms with Crippen molar-refractivity contribution < 1.29 is 4.79 Å². The molecule has 0 saturated heterocycles. The van der Waals surface area contributed by atoms with Gasteiger partial charge in [0.1, 0.15) is 5.82 Å². The molecule has 4 aromatic rings. The van der Waals surface area contributed by atoms with Crippen LogP contribution in [0.2, 0.25) is 0 Å². The molecule has 2 heterocycles. The van der Waals surface area contributed by atoms with Crippen LogP contribution in [0, 0.1) is 0 Å². The maximum atomic E-state index is 13.6. The van der Waals surface area contributed by atoms with Crippen molar-refractivity contribution in [3.8, 4) is 0 Å². The topological polar surface area (TPSA) is 114 Å². The molecule has 0 atom stereocenters. The van der Waals surface area contributed by atoms with Gasteiger partial charge in [0.05, 0.1) is 17.6 Å². The molecule has 5 rings (SSSR count). The van der Waals surface area contributed by atoms with Gasteiger partial charge in [-0.1, -0.05) is 48.5 Å². The number of hydrogen-bond acceptors (Lipinski definition) is 5. The summed E-state index contributed by atoms with van der Waals surface area (Å²) < 4.78 is 1.26. The number of hydrogen-bond donors (Lipinski definition) is 2. The Bertz CT molecular complexity index is 1490. The normalized spacial score (nSPS) is 13.2. The fourth-order valence-electron chi connectivity index (χ4n) is 4.07. The average Bonchev–Trinajstić information content (AvgIpc) is 3.66. The Labute approximate surface area is 189 Å². The fourth-order valence-corrected chi connectivity index (χ4v) is 4.07. The fraction of sp³-hybridized carbons (Fsp3) is 0.200. The highest BCUT2D eigenvalue weighted by molar-refractivity contribution is 6.14. The van der Waals surface area contributed by atoms with Crippen molar-refractivity contribution >= 4 is 28.3 Å². The first kappa shape index (κ1) is 20.7. The lowest BCUT2D eigenvalue weighted by molar-refractivity contribution is 0.0994. The van der Waals surface area contributed by atoms with Gasteiger partial charge < -0.3 is 10.6 Å². The zero-order valence-corrected chi connectivity index (χ0v) is 18.1. The number of benzene rings is 2. The number of H-pyrrole nitrogens is 1. The number of aromatic amines is 1. The summed E-state index contributed by atoms with van der Waals surface area (Å²) in [5.41, 5.74) is 7.78. The number of carbonyl (C=O) groups excluding carboxylic acids is 1. The number of aromatic nitrogens is 3. The number of anilines is 2. The summed E-state index contributed by atoms with van der Waals surface area (Å²) in [6.07, 6.45) is 2.09. The van der Waals surface area contributed by atoms with E-state index in [2.05, 4.69) is 4.98 Å². The van der Waals surface area contributed by atoms with Gasteiger partial charge in [-0.05, 0) is 30.5 Å². The molecule has 0 spiro atoms. The molecule has 1 aliphatic rings. The molecule has 1 aliphatic carbocycles. The van der Waals surface area contributed by atoms with Crippen molar-refractivity contribution in [3.05, 3.63) is 98.3 Å². The van der Waals surface area contributed by atoms with Gasteiger partial charge in [0.2, 0.25) is 0 Å². The van der Waals surface area contributed by atoms with Crippen LogP contribution in [0.3, 0.4) is 0 Å². The maximum absolute atomic E-state index is 13.6. The Hall–Kier alpha value is -4.20. The zero-order chi connectivity index (χ0) is 23.1. The lowest BCUT2D eigenvalue weighted by Gasteiger charge is -2.21. The molecule has 0 radical (unpaired) electrons. The second-order valence-electron chi connectivity index (χ2n) is 8.32. The Kier molecular flexibility index (Phi) is 5.05. The van der Waals surface area contributed by atoms with Crippen LogP contribution in [-0.2, 0) is 6.54 Å². The van der Waals surface area contributed by atoms with E-state index in [0.717, 1.165) is 29.6 Å². The largest absolute Gasteiger partial charge is 0.383 e. The molecule has 1 amide bonds. The molecule has 0 bridgehead atoms. The molecular weight excluding hydrogens is 418 g/mol. The number of carbonyl (C=O) groups is 1. The number of fused-ring (bicyclic) bond motifs is 1. The summed E-state index contributed by atoms with van der Waals surface area (Å²) in [6, 6.07) is 18.5. The number of nitrogens with one attached hydrogen (secondary N) is 1. The third-order valence-electron chi connectivity index (χ3n) is 6.00. The second-order valence-corrected chi connectivity index (χ2v) is 8.32. The van der Waals surface area contributed by atoms with Gasteiger partial charge in [-0.3, -0.25) is 24.1 Å². The van der Waals surface area contributed by atoms with Gasteiger partial charge in [0.25, 0.3) is 11.5 Å². The van der Waals surface area contributed by atoms with Gasteiger partial charge in [-0.15, -0.1) is 0 Å². The number of nitrogens with two attached hydrogens (primary N) is 1. The molecule has 0 aliphatic heterocycles. The lowest BCUT2D eigenvalue weighted by atomic mass is 10.0. The van der Waals surface area contributed by atoms with Crippen LogP contribution >= 0.6 is 0 Å². The molecule has 33 heavy (non-hydrogen) atoms. The van der Waals surface area contributed by atoms with Gasteiger partial charge in [0, 0.05) is 24.0 Å². The Balaban J connectivity index is 1.60. The quantitative estimate of drug-likeness (QED) is 0.494. The number of nitrogens with zero attached hydrogens (tertiary/aromatic N) is 3. The molecular formula is C25H23N5O3. The average molecular weight is 441 g/mol. The first-order valence-corrected chi connectivity index (χ1v) is 10.8. The van der Waals surface area contributed by atoms with Crippen LogP contribution < -0.4 is 21.9 Å². The molecule has 3 N–H and O–H groups in total. The van der Waals surface area contributed by atoms with Gasteiger partial charge in [-0.25, -0.2) is 4.79 Å². The standard InChI is InChI=1S/C25H23N5O3/c1-29(21-22(26)30(25(33)28-23(21)31)14-15-7-3-2-4-8-15)24(32)18-13-20(16-11-12-16)27-19-10-6-5-9-17(18)19/h2-10,13,16H,11-12,14,26H2,1H3,(H,28,31,33). The van der Waals surface area contributed by atoms with Gasteiger partial charge in [0.15, 0.2) is 5.69 Å². The molecule has 2 aromatic heterocycles. The minimum Gasteiger partial charge on any atom is -0.383 e. The van der Waals surface area contributed by atoms with Crippen molar-refractivity contribution in [2.24, 2.45) is 0 Å². The smallest absolute Gasteiger partial charge is 0.330 e. The first-order chi connectivity index (χ1) is 15.9. The van der Waals surface area contributed by atoms with Crippen LogP contribution in [0.25, 0.3) is 10.9 Å². The van der Waals surface area contributed by atoms with E-state index in [-0.39, 0.29) is 18.1 Å². The minimum absolute atomic E-state index is 0.0654. The van der Waals surface area contributed by atoms with Crippen molar-refractivity contribution in [1.82, 2.24) is 14.5 Å². The second kappa shape index (κ2) is 8.05. The van der Waals surface area contributed by atoms with Gasteiger partial charge in [-0.2, -0.15) is 0 Å². The van der Waals surface area contributed by atoms with Crippen LogP contribution in [0.1, 0.15) is 40.4 Å². The molecule has 1 saturated carbocycles. The molecule has 0 unspecified atom stereocenters. The number of nitrogen functional groups attached to an aromatic ring is 1. The number of para-hydroxylation sites is 1. The van der Waals surface area contributed by atoms with E-state index < -0.39 is 17.2 Å². The Morgan fingerprint density at radius 1 is 1.12 bits per heavy atom. The highest BCUT2D eigenvalue weighted by atomic mass is 16.2. The number of pyridine rings is 1. The van der Waals surface area contributed by atoms with Crippen LogP contribution in [0.5, 0.6) is 0 Å². The third-order valence-corrected chi connectivity index (χ3v) is 6.00. The summed E-state index contributed by atoms with van der Waals surface area (Å²) in [5.74, 6) is -0.102. The number of rotatable bonds is 5. The third kappa shape index (κ3) is 3.80. The molecule has 8 heteroatoms. The van der Waals surface area contributed by atoms with Gasteiger partial charge >= 0.3 is 5.69 Å². The minimum atomic E-state index is -0.710. The van der Waals surface area contributed by atoms with E-state index in [4.69, 9.17) is 10.7 Å². The predicted octanol–water partition coefficient (Wildman–Crippen LogP) is 2.87. The summed E-state index contributed by atoms with van der Waals surface area (Å²) >= 11 is 0. The molecule has 2 aromatic carbocycles. The maximum Gasteiger partial charge on any atom is 0.330 e. The molecule has 1 fully saturated rings. The van der Waals surface area contributed by atoms with Crippen LogP contribution in [0.4, 0.5) is 11.5 Å². The summed E-state index contributed by atoms with van der Waals surface area (Å²) in [5, 5.41) is 0.700. The van der Waals surface area contributed by atoms with E-state index >= 15 is 0 Å². The van der Waals surface area contributed by atoms with E-state index in [1.807, 2.05) is 60.7 Å². The zero-order valence-electron chi connectivity index (χ0n) is 18.1. The molecule has 8 nitrogen and oxygen atoms in total. The number of amides is 1. The lowest BCUT2D eigenvalue weighted by Crippen LogP contribution is -2.39. The molecule has 166 valence electrons. The summed E-state index contributed by atoms with van der Waals surface area (Å²) in [4.78, 5) is 47.1. The summed E-state index contributed by atoms with van der Waals surface area (Å²) in [6.45, 7) is 0.168. The van der Waals surface area contributed by atoms with Crippen LogP contribution in [-0.4, -0.2) is 27.5 Å². The van der Waals surface area contributed by atoms with Crippen molar-refractivity contribution in [1.29, 1.82) is 0 Å². The van der Waals surface area contributed by atoms with Crippen molar-refractivity contribution in [2.45, 2.75) is 25.3 Å². The first-order valence-electron chi connectivity index (χ1n) is 10.8. The van der Waals surface area contributed by atoms with Crippen molar-refractivity contribution in [2.75, 3.05) is 17.7 Å². The van der Waals surface area contributed by atoms with E-state index in [9.17, 15) is 14.4 Å². The Morgan fingerprint density at radius 3 is 2.55 bits per heavy atom. The SMILES string of the molecule is CN(C(=O)c1cc(C2CC2)nc2ccccc12)c1c(N)n(Cc2ccccc2)c(=O)[nH]c1=O. The highest BCUT2D eigenvalue weighted by Gasteiger charge is 2.29. The highest BCUT2D eigenvalue weighted by Crippen LogP contribution is 2.40. The van der Waals surface area contributed by atoms with E-state index in [1.165, 1.54) is 16.5 Å². The Morgan fingerprint density at radius 2 is 1.82 bits per heavy atom. The summed E-state index contributed by atoms with van der Waals surface area (Å²) in [7, 11) is 1.49. The van der Waals surface area contributed by atoms with Crippen molar-refractivity contribution in [3.63, 3.8) is 0 Å². The monoisotopic (exact) mass is 441 g/mol. The van der Waals surface area contributed by atoms with E-state index in [1.54, 1.807) is 0 Å².